The van der Waals surface area contributed by atoms with Crippen molar-refractivity contribution in [2.75, 3.05) is 13.2 Å². The van der Waals surface area contributed by atoms with Crippen molar-refractivity contribution in [1.29, 1.82) is 0 Å². The van der Waals surface area contributed by atoms with Gasteiger partial charge in [-0.2, -0.15) is 5.10 Å². The Bertz CT molecular complexity index is 189. The molecule has 0 saturated carbocycles. The maximum atomic E-state index is 5.24. The Labute approximate surface area is 59.4 Å². The maximum absolute atomic E-state index is 5.24. The van der Waals surface area contributed by atoms with E-state index in [1.165, 1.54) is 5.56 Å². The zero-order chi connectivity index (χ0) is 6.81. The first kappa shape index (κ1) is 5.92. The lowest BCUT2D eigenvalue weighted by atomic mass is 10.0. The largest absolute Gasteiger partial charge is 0.381 e. The minimum atomic E-state index is 0.582. The van der Waals surface area contributed by atoms with Crippen molar-refractivity contribution < 1.29 is 4.74 Å². The third-order valence-electron chi connectivity index (χ3n) is 1.92. The third-order valence-corrected chi connectivity index (χ3v) is 1.92. The molecule has 1 aromatic rings. The summed E-state index contributed by atoms with van der Waals surface area (Å²) in [6, 6.07) is 0. The zero-order valence-corrected chi connectivity index (χ0v) is 5.71. The number of aromatic amines is 1. The molecule has 0 aromatic carbocycles. The quantitative estimate of drug-likeness (QED) is 0.626. The number of H-pyrrole nitrogens is 1. The smallest absolute Gasteiger partial charge is 0.0536 e. The Morgan fingerprint density at radius 2 is 2.70 bits per heavy atom. The van der Waals surface area contributed by atoms with Gasteiger partial charge in [0.2, 0.25) is 0 Å². The van der Waals surface area contributed by atoms with Crippen LogP contribution in [0.3, 0.4) is 0 Å². The summed E-state index contributed by atoms with van der Waals surface area (Å²) in [5, 5.41) is 6.69. The van der Waals surface area contributed by atoms with E-state index in [-0.39, 0.29) is 0 Å². The lowest BCUT2D eigenvalue weighted by Gasteiger charge is -2.00. The molecule has 0 amide bonds. The van der Waals surface area contributed by atoms with Crippen LogP contribution in [0, 0.1) is 0 Å². The summed E-state index contributed by atoms with van der Waals surface area (Å²) >= 11 is 0. The molecule has 0 aliphatic carbocycles. The van der Waals surface area contributed by atoms with Crippen LogP contribution in [0.4, 0.5) is 0 Å². The molecule has 1 saturated heterocycles. The van der Waals surface area contributed by atoms with Crippen LogP contribution in [0.15, 0.2) is 12.4 Å². The van der Waals surface area contributed by atoms with Crippen LogP contribution in [-0.2, 0) is 4.74 Å². The fourth-order valence-electron chi connectivity index (χ4n) is 1.28. The van der Waals surface area contributed by atoms with Gasteiger partial charge in [0.1, 0.15) is 0 Å². The average Bonchev–Trinajstić information content (AvgIpc) is 2.59. The van der Waals surface area contributed by atoms with Gasteiger partial charge in [0.05, 0.1) is 12.8 Å². The molecule has 54 valence electrons. The second-order valence-electron chi connectivity index (χ2n) is 2.59. The van der Waals surface area contributed by atoms with E-state index in [0.717, 1.165) is 19.6 Å². The van der Waals surface area contributed by atoms with E-state index in [4.69, 9.17) is 4.74 Å². The molecule has 3 heteroatoms. The van der Waals surface area contributed by atoms with Crippen LogP contribution in [0.1, 0.15) is 17.9 Å². The highest BCUT2D eigenvalue weighted by Crippen LogP contribution is 2.23. The Kier molecular flexibility index (Phi) is 1.43. The van der Waals surface area contributed by atoms with Gasteiger partial charge < -0.3 is 4.74 Å². The number of rotatable bonds is 1. The summed E-state index contributed by atoms with van der Waals surface area (Å²) in [6.07, 6.45) is 4.96. The first-order chi connectivity index (χ1) is 4.97. The first-order valence-electron chi connectivity index (χ1n) is 3.53. The van der Waals surface area contributed by atoms with Gasteiger partial charge in [0.15, 0.2) is 0 Å². The molecule has 0 radical (unpaired) electrons. The Morgan fingerprint density at radius 1 is 1.70 bits per heavy atom. The van der Waals surface area contributed by atoms with Crippen LogP contribution >= 0.6 is 0 Å². The predicted molar refractivity (Wildman–Crippen MR) is 36.8 cm³/mol. The van der Waals surface area contributed by atoms with Gasteiger partial charge in [-0.3, -0.25) is 5.10 Å². The SMILES string of the molecule is c1n[nH]cc1[C@@H]1CCOC1. The van der Waals surface area contributed by atoms with E-state index in [2.05, 4.69) is 10.2 Å². The second-order valence-corrected chi connectivity index (χ2v) is 2.59. The summed E-state index contributed by atoms with van der Waals surface area (Å²) in [7, 11) is 0. The first-order valence-corrected chi connectivity index (χ1v) is 3.53. The number of nitrogens with zero attached hydrogens (tertiary/aromatic N) is 1. The van der Waals surface area contributed by atoms with Crippen molar-refractivity contribution in [2.24, 2.45) is 0 Å². The van der Waals surface area contributed by atoms with E-state index in [1.54, 1.807) is 0 Å². The molecule has 0 bridgehead atoms. The molecule has 1 fully saturated rings. The fraction of sp³-hybridized carbons (Fsp3) is 0.571. The topological polar surface area (TPSA) is 37.9 Å². The van der Waals surface area contributed by atoms with Crippen molar-refractivity contribution in [3.63, 3.8) is 0 Å². The molecule has 2 heterocycles. The maximum Gasteiger partial charge on any atom is 0.0536 e. The number of hydrogen-bond acceptors (Lipinski definition) is 2. The van der Waals surface area contributed by atoms with Gasteiger partial charge >= 0.3 is 0 Å². The molecular weight excluding hydrogens is 128 g/mol. The molecule has 3 nitrogen and oxygen atoms in total. The molecule has 10 heavy (non-hydrogen) atoms. The fourth-order valence-corrected chi connectivity index (χ4v) is 1.28. The molecule has 1 aliphatic heterocycles. The predicted octanol–water partition coefficient (Wildman–Crippen LogP) is 0.914. The van der Waals surface area contributed by atoms with Crippen molar-refractivity contribution in [3.05, 3.63) is 18.0 Å². The van der Waals surface area contributed by atoms with Gasteiger partial charge in [-0.15, -0.1) is 0 Å². The molecule has 1 N–H and O–H groups in total. The highest BCUT2D eigenvalue weighted by atomic mass is 16.5. The Balaban J connectivity index is 2.12. The van der Waals surface area contributed by atoms with Crippen LogP contribution in [0.2, 0.25) is 0 Å². The normalized spacial score (nSPS) is 25.4. The Morgan fingerprint density at radius 3 is 3.30 bits per heavy atom. The molecular formula is C7H10N2O. The molecule has 0 unspecified atom stereocenters. The van der Waals surface area contributed by atoms with Crippen LogP contribution in [0.5, 0.6) is 0 Å². The number of ether oxygens (including phenoxy) is 1. The van der Waals surface area contributed by atoms with Crippen molar-refractivity contribution in [3.8, 4) is 0 Å². The van der Waals surface area contributed by atoms with Gasteiger partial charge in [-0.25, -0.2) is 0 Å². The molecule has 2 rings (SSSR count). The van der Waals surface area contributed by atoms with Crippen molar-refractivity contribution in [1.82, 2.24) is 10.2 Å². The van der Waals surface area contributed by atoms with Gasteiger partial charge in [-0.1, -0.05) is 0 Å². The second kappa shape index (κ2) is 2.42. The lowest BCUT2D eigenvalue weighted by molar-refractivity contribution is 0.194. The molecule has 0 spiro atoms. The van der Waals surface area contributed by atoms with E-state index in [9.17, 15) is 0 Å². The number of nitrogens with one attached hydrogen (secondary N) is 1. The number of aromatic nitrogens is 2. The van der Waals surface area contributed by atoms with E-state index < -0.39 is 0 Å². The van der Waals surface area contributed by atoms with Crippen LogP contribution < -0.4 is 0 Å². The summed E-state index contributed by atoms with van der Waals surface area (Å²) < 4.78 is 5.24. The van der Waals surface area contributed by atoms with Crippen molar-refractivity contribution >= 4 is 0 Å². The Hall–Kier alpha value is -0.830. The lowest BCUT2D eigenvalue weighted by Crippen LogP contribution is -1.94. The van der Waals surface area contributed by atoms with Crippen LogP contribution in [-0.4, -0.2) is 23.4 Å². The standard InChI is InChI=1S/C7H10N2O/c1-2-10-5-6(1)7-3-8-9-4-7/h3-4,6H,1-2,5H2,(H,8,9)/t6-/m1/s1. The van der Waals surface area contributed by atoms with E-state index in [1.807, 2.05) is 12.4 Å². The van der Waals surface area contributed by atoms with Crippen molar-refractivity contribution in [2.45, 2.75) is 12.3 Å². The molecule has 1 aromatic heterocycles. The highest BCUT2D eigenvalue weighted by molar-refractivity contribution is 5.11. The van der Waals surface area contributed by atoms with Gasteiger partial charge in [0, 0.05) is 18.7 Å². The summed E-state index contributed by atoms with van der Waals surface area (Å²) in [5.41, 5.74) is 1.28. The third kappa shape index (κ3) is 0.926. The van der Waals surface area contributed by atoms with Gasteiger partial charge in [-0.05, 0) is 12.0 Å². The van der Waals surface area contributed by atoms with E-state index in [0.29, 0.717) is 5.92 Å². The zero-order valence-electron chi connectivity index (χ0n) is 5.71. The average molecular weight is 138 g/mol. The monoisotopic (exact) mass is 138 g/mol. The highest BCUT2D eigenvalue weighted by Gasteiger charge is 2.17. The molecule has 1 aliphatic rings. The minimum absolute atomic E-state index is 0.582. The number of hydrogen-bond donors (Lipinski definition) is 1. The summed E-state index contributed by atoms with van der Waals surface area (Å²) in [5.74, 6) is 0.582. The minimum Gasteiger partial charge on any atom is -0.381 e. The van der Waals surface area contributed by atoms with Gasteiger partial charge in [0.25, 0.3) is 0 Å². The summed E-state index contributed by atoms with van der Waals surface area (Å²) in [6.45, 7) is 1.76. The van der Waals surface area contributed by atoms with Crippen LogP contribution in [0.25, 0.3) is 0 Å². The summed E-state index contributed by atoms with van der Waals surface area (Å²) in [4.78, 5) is 0. The van der Waals surface area contributed by atoms with E-state index >= 15 is 0 Å². The molecule has 1 atom stereocenters.